The summed E-state index contributed by atoms with van der Waals surface area (Å²) in [6.45, 7) is 2.63. The van der Waals surface area contributed by atoms with Crippen LogP contribution in [0.5, 0.6) is 0 Å². The minimum atomic E-state index is -0.460. The molecule has 0 fully saturated rings. The number of amides is 1. The number of ether oxygens (including phenoxy) is 1. The molecule has 0 unspecified atom stereocenters. The molecule has 0 spiro atoms. The summed E-state index contributed by atoms with van der Waals surface area (Å²) in [5, 5.41) is 2.06. The van der Waals surface area contributed by atoms with Crippen LogP contribution in [0.25, 0.3) is 11.1 Å². The van der Waals surface area contributed by atoms with Crippen molar-refractivity contribution in [3.05, 3.63) is 63.6 Å². The van der Waals surface area contributed by atoms with E-state index in [1.54, 1.807) is 11.3 Å². The fourth-order valence-electron chi connectivity index (χ4n) is 3.90. The number of aryl methyl sites for hydroxylation is 1. The van der Waals surface area contributed by atoms with Gasteiger partial charge in [0.05, 0.1) is 19.1 Å². The molecule has 31 heavy (non-hydrogen) atoms. The lowest BCUT2D eigenvalue weighted by molar-refractivity contribution is -0.140. The first kappa shape index (κ1) is 22.6. The Hall–Kier alpha value is -3.06. The molecule has 0 saturated carbocycles. The normalized spacial score (nSPS) is 10.8. The van der Waals surface area contributed by atoms with Gasteiger partial charge in [-0.15, -0.1) is 11.3 Å². The smallest absolute Gasteiger partial charge is 0.305 e. The standard InChI is InChI=1S/C24H29N3O3S/c1-16-22(24(25)29)23(17-7-9-18(10-8-17)26(2)3)20(11-12-21(28)30-4)27(16)14-13-19-6-5-15-31-19/h5-10,15H,11-14H2,1-4H3,(H2,25,29). The lowest BCUT2D eigenvalue weighted by Gasteiger charge is -2.15. The van der Waals surface area contributed by atoms with Gasteiger partial charge in [0.1, 0.15) is 0 Å². The van der Waals surface area contributed by atoms with Gasteiger partial charge in [-0.2, -0.15) is 0 Å². The van der Waals surface area contributed by atoms with E-state index in [0.29, 0.717) is 18.5 Å². The molecular formula is C24H29N3O3S. The molecule has 1 amide bonds. The van der Waals surface area contributed by atoms with Gasteiger partial charge in [-0.3, -0.25) is 9.59 Å². The third-order valence-corrected chi connectivity index (χ3v) is 6.44. The number of thiophene rings is 1. The summed E-state index contributed by atoms with van der Waals surface area (Å²) in [5.74, 6) is -0.739. The SMILES string of the molecule is COC(=O)CCc1c(-c2ccc(N(C)C)cc2)c(C(N)=O)c(C)n1CCc1cccs1. The number of primary amides is 1. The Morgan fingerprint density at radius 1 is 1.13 bits per heavy atom. The predicted octanol–water partition coefficient (Wildman–Crippen LogP) is 4.04. The topological polar surface area (TPSA) is 77.6 Å². The van der Waals surface area contributed by atoms with Crippen molar-refractivity contribution in [3.63, 3.8) is 0 Å². The highest BCUT2D eigenvalue weighted by atomic mass is 32.1. The zero-order valence-corrected chi connectivity index (χ0v) is 19.3. The van der Waals surface area contributed by atoms with E-state index < -0.39 is 5.91 Å². The Morgan fingerprint density at radius 3 is 2.39 bits per heavy atom. The fraction of sp³-hybridized carbons (Fsp3) is 0.333. The number of rotatable bonds is 9. The van der Waals surface area contributed by atoms with Gasteiger partial charge in [0.15, 0.2) is 0 Å². The molecule has 3 rings (SSSR count). The summed E-state index contributed by atoms with van der Waals surface area (Å²) >= 11 is 1.71. The Balaban J connectivity index is 2.11. The van der Waals surface area contributed by atoms with Gasteiger partial charge in [-0.05, 0) is 48.9 Å². The van der Waals surface area contributed by atoms with E-state index in [2.05, 4.69) is 16.0 Å². The highest BCUT2D eigenvalue weighted by Gasteiger charge is 2.25. The molecule has 0 saturated heterocycles. The molecule has 7 heteroatoms. The summed E-state index contributed by atoms with van der Waals surface area (Å²) in [4.78, 5) is 27.7. The zero-order valence-electron chi connectivity index (χ0n) is 18.5. The van der Waals surface area contributed by atoms with Crippen molar-refractivity contribution in [3.8, 4) is 11.1 Å². The Morgan fingerprint density at radius 2 is 1.84 bits per heavy atom. The van der Waals surface area contributed by atoms with Crippen molar-refractivity contribution in [2.45, 2.75) is 32.7 Å². The van der Waals surface area contributed by atoms with Crippen LogP contribution < -0.4 is 10.6 Å². The van der Waals surface area contributed by atoms with Crippen molar-refractivity contribution in [1.82, 2.24) is 4.57 Å². The summed E-state index contributed by atoms with van der Waals surface area (Å²) in [7, 11) is 5.35. The number of methoxy groups -OCH3 is 1. The zero-order chi connectivity index (χ0) is 22.5. The monoisotopic (exact) mass is 439 g/mol. The van der Waals surface area contributed by atoms with Crippen molar-refractivity contribution in [2.24, 2.45) is 5.73 Å². The van der Waals surface area contributed by atoms with E-state index in [4.69, 9.17) is 10.5 Å². The molecular weight excluding hydrogens is 410 g/mol. The van der Waals surface area contributed by atoms with Crippen LogP contribution in [0.4, 0.5) is 5.69 Å². The number of carbonyl (C=O) groups is 2. The first-order chi connectivity index (χ1) is 14.8. The van der Waals surface area contributed by atoms with E-state index in [1.807, 2.05) is 56.3 Å². The molecule has 2 aromatic heterocycles. The average molecular weight is 440 g/mol. The average Bonchev–Trinajstić information content (AvgIpc) is 3.36. The van der Waals surface area contributed by atoms with Gasteiger partial charge < -0.3 is 19.9 Å². The maximum absolute atomic E-state index is 12.5. The van der Waals surface area contributed by atoms with E-state index in [9.17, 15) is 9.59 Å². The van der Waals surface area contributed by atoms with E-state index in [0.717, 1.165) is 34.6 Å². The van der Waals surface area contributed by atoms with Crippen LogP contribution in [0.15, 0.2) is 41.8 Å². The third kappa shape index (κ3) is 4.99. The Bertz CT molecular complexity index is 1050. The van der Waals surface area contributed by atoms with Crippen LogP contribution in [-0.2, 0) is 28.9 Å². The predicted molar refractivity (Wildman–Crippen MR) is 126 cm³/mol. The van der Waals surface area contributed by atoms with Crippen molar-refractivity contribution in [1.29, 1.82) is 0 Å². The van der Waals surface area contributed by atoms with Gasteiger partial charge in [-0.1, -0.05) is 18.2 Å². The quantitative estimate of drug-likeness (QED) is 0.511. The number of benzene rings is 1. The molecule has 2 N–H and O–H groups in total. The van der Waals surface area contributed by atoms with Gasteiger partial charge in [0.2, 0.25) is 0 Å². The van der Waals surface area contributed by atoms with Crippen LogP contribution >= 0.6 is 11.3 Å². The molecule has 3 aromatic rings. The largest absolute Gasteiger partial charge is 0.469 e. The molecule has 0 radical (unpaired) electrons. The number of esters is 1. The molecule has 0 aliphatic heterocycles. The van der Waals surface area contributed by atoms with Crippen molar-refractivity contribution < 1.29 is 14.3 Å². The summed E-state index contributed by atoms with van der Waals surface area (Å²) < 4.78 is 7.00. The second-order valence-electron chi connectivity index (χ2n) is 7.64. The van der Waals surface area contributed by atoms with Gasteiger partial charge in [0.25, 0.3) is 5.91 Å². The van der Waals surface area contributed by atoms with Crippen LogP contribution in [0.2, 0.25) is 0 Å². The molecule has 0 bridgehead atoms. The lowest BCUT2D eigenvalue weighted by Crippen LogP contribution is -2.14. The van der Waals surface area contributed by atoms with Crippen LogP contribution in [-0.4, -0.2) is 37.6 Å². The minimum Gasteiger partial charge on any atom is -0.469 e. The maximum Gasteiger partial charge on any atom is 0.305 e. The Labute approximate surface area is 187 Å². The van der Waals surface area contributed by atoms with Crippen LogP contribution in [0, 0.1) is 6.92 Å². The first-order valence-electron chi connectivity index (χ1n) is 10.2. The maximum atomic E-state index is 12.5. The molecule has 2 heterocycles. The minimum absolute atomic E-state index is 0.236. The number of anilines is 1. The van der Waals surface area contributed by atoms with Crippen LogP contribution in [0.3, 0.4) is 0 Å². The summed E-state index contributed by atoms with van der Waals surface area (Å²) in [6, 6.07) is 12.2. The third-order valence-electron chi connectivity index (χ3n) is 5.51. The molecule has 6 nitrogen and oxygen atoms in total. The van der Waals surface area contributed by atoms with E-state index in [1.165, 1.54) is 12.0 Å². The van der Waals surface area contributed by atoms with Gasteiger partial charge in [-0.25, -0.2) is 0 Å². The number of nitrogens with zero attached hydrogens (tertiary/aromatic N) is 2. The number of hydrogen-bond donors (Lipinski definition) is 1. The fourth-order valence-corrected chi connectivity index (χ4v) is 4.60. The van der Waals surface area contributed by atoms with Crippen LogP contribution in [0.1, 0.15) is 33.0 Å². The number of hydrogen-bond acceptors (Lipinski definition) is 5. The van der Waals surface area contributed by atoms with Crippen molar-refractivity contribution in [2.75, 3.05) is 26.1 Å². The Kier molecular flexibility index (Phi) is 7.17. The highest BCUT2D eigenvalue weighted by molar-refractivity contribution is 7.09. The van der Waals surface area contributed by atoms with E-state index >= 15 is 0 Å². The van der Waals surface area contributed by atoms with Crippen molar-refractivity contribution >= 4 is 28.9 Å². The second kappa shape index (κ2) is 9.83. The van der Waals surface area contributed by atoms with Gasteiger partial charge >= 0.3 is 5.97 Å². The first-order valence-corrected chi connectivity index (χ1v) is 11.1. The lowest BCUT2D eigenvalue weighted by atomic mass is 9.97. The van der Waals surface area contributed by atoms with Gasteiger partial charge in [0, 0.05) is 48.2 Å². The number of aromatic nitrogens is 1. The molecule has 0 atom stereocenters. The second-order valence-corrected chi connectivity index (χ2v) is 8.68. The van der Waals surface area contributed by atoms with E-state index in [-0.39, 0.29) is 12.4 Å². The molecule has 0 aliphatic rings. The summed E-state index contributed by atoms with van der Waals surface area (Å²) in [5.41, 5.74) is 10.9. The highest BCUT2D eigenvalue weighted by Crippen LogP contribution is 2.35. The molecule has 0 aliphatic carbocycles. The molecule has 1 aromatic carbocycles. The number of carbonyl (C=O) groups excluding carboxylic acids is 2. The molecule has 164 valence electrons. The summed E-state index contributed by atoms with van der Waals surface area (Å²) in [6.07, 6.45) is 1.55. The number of nitrogens with two attached hydrogens (primary N) is 1.